The summed E-state index contributed by atoms with van der Waals surface area (Å²) < 4.78 is 5.52. The molecule has 1 atom stereocenters. The van der Waals surface area contributed by atoms with Crippen LogP contribution in [-0.2, 0) is 16.0 Å². The first kappa shape index (κ1) is 23.4. The van der Waals surface area contributed by atoms with Crippen molar-refractivity contribution in [2.24, 2.45) is 0 Å². The number of aromatic nitrogens is 1. The summed E-state index contributed by atoms with van der Waals surface area (Å²) in [5, 5.41) is 14.1. The number of nitrogens with one attached hydrogen (secondary N) is 1. The van der Waals surface area contributed by atoms with Gasteiger partial charge in [-0.05, 0) is 29.2 Å². The highest BCUT2D eigenvalue weighted by Crippen LogP contribution is 2.44. The highest BCUT2D eigenvalue weighted by molar-refractivity contribution is 7.09. The van der Waals surface area contributed by atoms with Crippen molar-refractivity contribution in [2.45, 2.75) is 25.3 Å². The average molecular weight is 480 g/mol. The van der Waals surface area contributed by atoms with Gasteiger partial charge in [0.15, 0.2) is 0 Å². The summed E-state index contributed by atoms with van der Waals surface area (Å²) in [6.07, 6.45) is -0.0786. The smallest absolute Gasteiger partial charge is 0.407 e. The minimum absolute atomic E-state index is 0.00383. The van der Waals surface area contributed by atoms with Gasteiger partial charge in [-0.3, -0.25) is 4.79 Å². The van der Waals surface area contributed by atoms with Crippen molar-refractivity contribution in [1.29, 1.82) is 0 Å². The molecule has 1 aliphatic carbocycles. The summed E-state index contributed by atoms with van der Waals surface area (Å²) in [5.41, 5.74) is 4.84. The van der Waals surface area contributed by atoms with E-state index in [2.05, 4.69) is 34.6 Å². The van der Waals surface area contributed by atoms with Crippen LogP contribution in [0.3, 0.4) is 0 Å². The first-order chi connectivity index (χ1) is 16.4. The fourth-order valence-electron chi connectivity index (χ4n) is 3.97. The molecule has 0 bridgehead atoms. The molecule has 0 aliphatic heterocycles. The molecule has 2 N–H and O–H groups in total. The van der Waals surface area contributed by atoms with Crippen LogP contribution >= 0.6 is 11.3 Å². The molecule has 1 aliphatic rings. The monoisotopic (exact) mass is 479 g/mol. The molecule has 0 spiro atoms. The lowest BCUT2D eigenvalue weighted by molar-refractivity contribution is -0.141. The van der Waals surface area contributed by atoms with E-state index in [1.807, 2.05) is 24.3 Å². The van der Waals surface area contributed by atoms with Crippen molar-refractivity contribution >= 4 is 29.3 Å². The number of carbonyl (C=O) groups excluding carboxylic acids is 2. The molecule has 34 heavy (non-hydrogen) atoms. The number of carboxylic acids is 1. The molecule has 176 valence electrons. The maximum absolute atomic E-state index is 12.4. The highest BCUT2D eigenvalue weighted by atomic mass is 32.1. The van der Waals surface area contributed by atoms with E-state index in [-0.39, 0.29) is 18.2 Å². The van der Waals surface area contributed by atoms with E-state index in [0.717, 1.165) is 16.0 Å². The number of carboxylic acid groups (broad SMARTS) is 1. The summed E-state index contributed by atoms with van der Waals surface area (Å²) in [7, 11) is 1.43. The Kier molecular flexibility index (Phi) is 6.93. The number of alkyl carbamates (subject to hydrolysis) is 1. The number of aliphatic carboxylic acids is 1. The second-order valence-electron chi connectivity index (χ2n) is 8.06. The van der Waals surface area contributed by atoms with E-state index in [1.165, 1.54) is 36.4 Å². The summed E-state index contributed by atoms with van der Waals surface area (Å²) in [4.78, 5) is 41.2. The number of hydrogen-bond acceptors (Lipinski definition) is 6. The molecule has 3 aromatic rings. The van der Waals surface area contributed by atoms with Gasteiger partial charge < -0.3 is 20.1 Å². The minimum Gasteiger partial charge on any atom is -0.480 e. The number of hydrogen-bond donors (Lipinski definition) is 2. The Labute approximate surface area is 201 Å². The van der Waals surface area contributed by atoms with Crippen molar-refractivity contribution in [3.8, 4) is 11.1 Å². The maximum Gasteiger partial charge on any atom is 0.407 e. The highest BCUT2D eigenvalue weighted by Gasteiger charge is 2.29. The molecule has 9 heteroatoms. The van der Waals surface area contributed by atoms with E-state index in [9.17, 15) is 14.4 Å². The number of ether oxygens (including phenoxy) is 1. The second kappa shape index (κ2) is 10.0. The van der Waals surface area contributed by atoms with Crippen molar-refractivity contribution < 1.29 is 24.2 Å². The van der Waals surface area contributed by atoms with Crippen LogP contribution in [0.4, 0.5) is 4.79 Å². The van der Waals surface area contributed by atoms with Crippen molar-refractivity contribution in [1.82, 2.24) is 15.2 Å². The number of nitrogens with zero attached hydrogens (tertiary/aromatic N) is 2. The molecular formula is C25H25N3O5S. The molecule has 1 aromatic heterocycles. The Hall–Kier alpha value is -3.72. The molecule has 4 rings (SSSR count). The lowest BCUT2D eigenvalue weighted by Gasteiger charge is -2.20. The van der Waals surface area contributed by atoms with Gasteiger partial charge in [-0.2, -0.15) is 0 Å². The number of thiazole rings is 1. The van der Waals surface area contributed by atoms with Gasteiger partial charge >= 0.3 is 12.1 Å². The van der Waals surface area contributed by atoms with Gasteiger partial charge in [0.1, 0.15) is 18.3 Å². The number of likely N-dealkylation sites (N-methyl/N-ethyl adjacent to an activating group) is 1. The third-order valence-corrected chi connectivity index (χ3v) is 6.89. The Bertz CT molecular complexity index is 1180. The van der Waals surface area contributed by atoms with E-state index in [1.54, 1.807) is 5.38 Å². The zero-order chi connectivity index (χ0) is 24.2. The first-order valence-electron chi connectivity index (χ1n) is 10.9. The molecule has 8 nitrogen and oxygen atoms in total. The molecule has 0 saturated heterocycles. The fourth-order valence-corrected chi connectivity index (χ4v) is 4.74. The number of amides is 2. The van der Waals surface area contributed by atoms with Gasteiger partial charge in [0.25, 0.3) is 5.91 Å². The van der Waals surface area contributed by atoms with Crippen LogP contribution in [0, 0.1) is 0 Å². The minimum atomic E-state index is -1.08. The maximum atomic E-state index is 12.4. The van der Waals surface area contributed by atoms with Crippen LogP contribution in [0.25, 0.3) is 11.1 Å². The predicted molar refractivity (Wildman–Crippen MR) is 128 cm³/mol. The van der Waals surface area contributed by atoms with Crippen LogP contribution < -0.4 is 5.32 Å². The summed E-state index contributed by atoms with van der Waals surface area (Å²) >= 11 is 1.29. The van der Waals surface area contributed by atoms with E-state index in [0.29, 0.717) is 18.0 Å². The van der Waals surface area contributed by atoms with Crippen molar-refractivity contribution in [3.05, 3.63) is 75.7 Å². The van der Waals surface area contributed by atoms with Gasteiger partial charge in [0.05, 0.1) is 5.01 Å². The van der Waals surface area contributed by atoms with Gasteiger partial charge in [0, 0.05) is 31.3 Å². The summed E-state index contributed by atoms with van der Waals surface area (Å²) in [6, 6.07) is 15.3. The van der Waals surface area contributed by atoms with Crippen LogP contribution in [-0.4, -0.2) is 59.2 Å². The van der Waals surface area contributed by atoms with Crippen LogP contribution in [0.2, 0.25) is 0 Å². The van der Waals surface area contributed by atoms with Crippen molar-refractivity contribution in [3.63, 3.8) is 0 Å². The quantitative estimate of drug-likeness (QED) is 0.509. The summed E-state index contributed by atoms with van der Waals surface area (Å²) in [6.45, 7) is 1.98. The Morgan fingerprint density at radius 3 is 2.35 bits per heavy atom. The molecule has 0 unspecified atom stereocenters. The molecule has 2 amide bonds. The van der Waals surface area contributed by atoms with Gasteiger partial charge in [-0.1, -0.05) is 48.5 Å². The van der Waals surface area contributed by atoms with Gasteiger partial charge in [-0.25, -0.2) is 14.6 Å². The Morgan fingerprint density at radius 2 is 1.74 bits per heavy atom. The van der Waals surface area contributed by atoms with Crippen molar-refractivity contribution in [2.75, 3.05) is 20.2 Å². The van der Waals surface area contributed by atoms with E-state index < -0.39 is 24.0 Å². The Balaban J connectivity index is 1.28. The zero-order valence-electron chi connectivity index (χ0n) is 18.9. The molecule has 0 saturated carbocycles. The zero-order valence-corrected chi connectivity index (χ0v) is 19.7. The lowest BCUT2D eigenvalue weighted by atomic mass is 9.98. The van der Waals surface area contributed by atoms with Crippen LogP contribution in [0.1, 0.15) is 39.5 Å². The van der Waals surface area contributed by atoms with Crippen LogP contribution in [0.5, 0.6) is 0 Å². The SMILES string of the molecule is C[C@@H](C(=O)O)N(C)C(=O)c1csc(CCNC(=O)OCC2c3ccccc3-c3ccccc32)n1. The molecule has 0 radical (unpaired) electrons. The third kappa shape index (κ3) is 4.79. The normalized spacial score (nSPS) is 13.0. The number of fused-ring (bicyclic) bond motifs is 3. The third-order valence-electron chi connectivity index (χ3n) is 5.98. The number of benzene rings is 2. The van der Waals surface area contributed by atoms with Crippen LogP contribution in [0.15, 0.2) is 53.9 Å². The standard InChI is InChI=1S/C25H25N3O5S/c1-15(24(30)31)28(2)23(29)21-14-34-22(27-21)11-12-26-25(32)33-13-20-18-9-5-3-7-16(18)17-8-4-6-10-19(17)20/h3-10,14-15,20H,11-13H2,1-2H3,(H,26,32)(H,30,31)/t15-/m0/s1. The van der Waals surface area contributed by atoms with E-state index in [4.69, 9.17) is 9.84 Å². The number of rotatable bonds is 8. The largest absolute Gasteiger partial charge is 0.480 e. The van der Waals surface area contributed by atoms with Gasteiger partial charge in [-0.15, -0.1) is 11.3 Å². The predicted octanol–water partition coefficient (Wildman–Crippen LogP) is 3.77. The second-order valence-corrected chi connectivity index (χ2v) is 9.00. The van der Waals surface area contributed by atoms with Gasteiger partial charge in [0.2, 0.25) is 0 Å². The molecule has 2 aromatic carbocycles. The van der Waals surface area contributed by atoms with E-state index >= 15 is 0 Å². The molecular weight excluding hydrogens is 454 g/mol. The number of carbonyl (C=O) groups is 3. The first-order valence-corrected chi connectivity index (χ1v) is 11.8. The lowest BCUT2D eigenvalue weighted by Crippen LogP contribution is -2.40. The molecule has 1 heterocycles. The average Bonchev–Trinajstić information content (AvgIpc) is 3.44. The molecule has 0 fully saturated rings. The summed E-state index contributed by atoms with van der Waals surface area (Å²) in [5.74, 6) is -1.55. The Morgan fingerprint density at radius 1 is 1.12 bits per heavy atom. The fraction of sp³-hybridized carbons (Fsp3) is 0.280. The topological polar surface area (TPSA) is 109 Å².